The molecule has 0 aliphatic carbocycles. The standard InChI is InChI=1S/C13H12ClNO3S/c1-2-5-15-12(17)11(19-13(15)18)7-8-3-4-10(16)9(14)6-8/h3-4,6-7,16H,2,5H2,1H3/b11-7+. The van der Waals surface area contributed by atoms with Crippen LogP contribution in [0.5, 0.6) is 5.75 Å². The Labute approximate surface area is 120 Å². The molecule has 0 aromatic heterocycles. The lowest BCUT2D eigenvalue weighted by atomic mass is 10.2. The number of amides is 2. The van der Waals surface area contributed by atoms with Gasteiger partial charge in [-0.25, -0.2) is 0 Å². The van der Waals surface area contributed by atoms with Crippen molar-refractivity contribution in [2.45, 2.75) is 13.3 Å². The normalized spacial score (nSPS) is 17.6. The molecule has 1 aliphatic heterocycles. The zero-order valence-electron chi connectivity index (χ0n) is 10.2. The van der Waals surface area contributed by atoms with Crippen molar-refractivity contribution < 1.29 is 14.7 Å². The molecule has 0 unspecified atom stereocenters. The largest absolute Gasteiger partial charge is 0.506 e. The van der Waals surface area contributed by atoms with Crippen LogP contribution in [0.15, 0.2) is 23.1 Å². The van der Waals surface area contributed by atoms with Gasteiger partial charge in [-0.2, -0.15) is 0 Å². The van der Waals surface area contributed by atoms with Gasteiger partial charge in [-0.15, -0.1) is 0 Å². The molecule has 6 heteroatoms. The second kappa shape index (κ2) is 5.67. The predicted octanol–water partition coefficient (Wildman–Crippen LogP) is 3.49. The van der Waals surface area contributed by atoms with Gasteiger partial charge in [0.05, 0.1) is 9.93 Å². The maximum absolute atomic E-state index is 12.0. The first-order valence-electron chi connectivity index (χ1n) is 5.77. The Morgan fingerprint density at radius 1 is 1.42 bits per heavy atom. The van der Waals surface area contributed by atoms with Crippen LogP contribution in [0.3, 0.4) is 0 Å². The number of benzene rings is 1. The van der Waals surface area contributed by atoms with Gasteiger partial charge < -0.3 is 5.11 Å². The van der Waals surface area contributed by atoms with Gasteiger partial charge in [-0.05, 0) is 42.0 Å². The number of nitrogens with zero attached hydrogens (tertiary/aromatic N) is 1. The van der Waals surface area contributed by atoms with Gasteiger partial charge in [-0.1, -0.05) is 24.6 Å². The summed E-state index contributed by atoms with van der Waals surface area (Å²) in [4.78, 5) is 25.3. The molecule has 0 spiro atoms. The second-order valence-corrected chi connectivity index (χ2v) is 5.44. The number of rotatable bonds is 3. The van der Waals surface area contributed by atoms with E-state index < -0.39 is 0 Å². The monoisotopic (exact) mass is 297 g/mol. The van der Waals surface area contributed by atoms with Gasteiger partial charge in [-0.3, -0.25) is 14.5 Å². The van der Waals surface area contributed by atoms with E-state index in [4.69, 9.17) is 11.6 Å². The summed E-state index contributed by atoms with van der Waals surface area (Å²) in [5, 5.41) is 9.29. The molecule has 2 amide bonds. The van der Waals surface area contributed by atoms with E-state index in [1.165, 1.54) is 11.0 Å². The quantitative estimate of drug-likeness (QED) is 0.868. The maximum Gasteiger partial charge on any atom is 0.293 e. The van der Waals surface area contributed by atoms with Gasteiger partial charge in [0.15, 0.2) is 0 Å². The lowest BCUT2D eigenvalue weighted by molar-refractivity contribution is -0.122. The van der Waals surface area contributed by atoms with Crippen molar-refractivity contribution in [3.63, 3.8) is 0 Å². The SMILES string of the molecule is CCCN1C(=O)S/C(=C/c2ccc(O)c(Cl)c2)C1=O. The fourth-order valence-corrected chi connectivity index (χ4v) is 2.73. The number of phenols is 1. The van der Waals surface area contributed by atoms with Crippen LogP contribution in [0.2, 0.25) is 5.02 Å². The van der Waals surface area contributed by atoms with Crippen LogP contribution >= 0.6 is 23.4 Å². The molecule has 1 saturated heterocycles. The molecule has 0 saturated carbocycles. The predicted molar refractivity (Wildman–Crippen MR) is 76.1 cm³/mol. The third-order valence-corrected chi connectivity index (χ3v) is 3.80. The number of halogens is 1. The highest BCUT2D eigenvalue weighted by Crippen LogP contribution is 2.33. The van der Waals surface area contributed by atoms with Crippen LogP contribution in [0, 0.1) is 0 Å². The molecule has 0 radical (unpaired) electrons. The summed E-state index contributed by atoms with van der Waals surface area (Å²) in [6, 6.07) is 4.63. The molecular formula is C13H12ClNO3S. The summed E-state index contributed by atoms with van der Waals surface area (Å²) in [6.07, 6.45) is 2.34. The molecule has 1 N–H and O–H groups in total. The first-order chi connectivity index (χ1) is 9.02. The molecule has 1 fully saturated rings. The van der Waals surface area contributed by atoms with Crippen LogP contribution in [0.25, 0.3) is 6.08 Å². The molecule has 1 aromatic rings. The molecule has 0 bridgehead atoms. The van der Waals surface area contributed by atoms with E-state index in [2.05, 4.69) is 0 Å². The Kier molecular flexibility index (Phi) is 4.17. The molecular weight excluding hydrogens is 286 g/mol. The highest BCUT2D eigenvalue weighted by molar-refractivity contribution is 8.18. The number of carbonyl (C=O) groups is 2. The van der Waals surface area contributed by atoms with E-state index in [0.29, 0.717) is 17.0 Å². The summed E-state index contributed by atoms with van der Waals surface area (Å²) in [5.74, 6) is -0.293. The number of phenolic OH excluding ortho intramolecular Hbond substituents is 1. The molecule has 100 valence electrons. The second-order valence-electron chi connectivity index (χ2n) is 4.04. The van der Waals surface area contributed by atoms with Crippen LogP contribution in [-0.4, -0.2) is 27.7 Å². The Morgan fingerprint density at radius 3 is 2.79 bits per heavy atom. The summed E-state index contributed by atoms with van der Waals surface area (Å²) in [5.41, 5.74) is 0.671. The van der Waals surface area contributed by atoms with E-state index >= 15 is 0 Å². The minimum absolute atomic E-state index is 0.0158. The number of thioether (sulfide) groups is 1. The number of imide groups is 1. The Bertz CT molecular complexity index is 571. The lowest BCUT2D eigenvalue weighted by Crippen LogP contribution is -2.28. The number of carbonyl (C=O) groups excluding carboxylic acids is 2. The lowest BCUT2D eigenvalue weighted by Gasteiger charge is -2.09. The minimum Gasteiger partial charge on any atom is -0.506 e. The number of hydrogen-bond donors (Lipinski definition) is 1. The average Bonchev–Trinajstić information content (AvgIpc) is 2.62. The van der Waals surface area contributed by atoms with Crippen LogP contribution in [-0.2, 0) is 4.79 Å². The number of hydrogen-bond acceptors (Lipinski definition) is 4. The van der Waals surface area contributed by atoms with Crippen molar-refractivity contribution in [2.75, 3.05) is 6.54 Å². The van der Waals surface area contributed by atoms with E-state index in [1.807, 2.05) is 6.92 Å². The molecule has 2 rings (SSSR count). The van der Waals surface area contributed by atoms with Gasteiger partial charge in [0.25, 0.3) is 11.1 Å². The van der Waals surface area contributed by atoms with Gasteiger partial charge >= 0.3 is 0 Å². The summed E-state index contributed by atoms with van der Waals surface area (Å²) in [7, 11) is 0. The smallest absolute Gasteiger partial charge is 0.293 e. The zero-order valence-corrected chi connectivity index (χ0v) is 11.8. The van der Waals surface area contributed by atoms with Crippen molar-refractivity contribution >= 4 is 40.6 Å². The van der Waals surface area contributed by atoms with Gasteiger partial charge in [0, 0.05) is 6.54 Å². The minimum atomic E-state index is -0.277. The highest BCUT2D eigenvalue weighted by Gasteiger charge is 2.34. The van der Waals surface area contributed by atoms with Crippen LogP contribution < -0.4 is 0 Å². The van der Waals surface area contributed by atoms with Crippen molar-refractivity contribution in [1.82, 2.24) is 4.90 Å². The van der Waals surface area contributed by atoms with Crippen LogP contribution in [0.4, 0.5) is 4.79 Å². The van der Waals surface area contributed by atoms with Crippen molar-refractivity contribution in [2.24, 2.45) is 0 Å². The third-order valence-electron chi connectivity index (χ3n) is 2.59. The Hall–Kier alpha value is -1.46. The van der Waals surface area contributed by atoms with Crippen LogP contribution in [0.1, 0.15) is 18.9 Å². The first-order valence-corrected chi connectivity index (χ1v) is 6.96. The average molecular weight is 298 g/mol. The molecule has 1 aliphatic rings. The summed E-state index contributed by atoms with van der Waals surface area (Å²) in [6.45, 7) is 2.34. The van der Waals surface area contributed by atoms with E-state index in [-0.39, 0.29) is 21.9 Å². The fraction of sp³-hybridized carbons (Fsp3) is 0.231. The van der Waals surface area contributed by atoms with E-state index in [9.17, 15) is 14.7 Å². The first kappa shape index (κ1) is 14.0. The van der Waals surface area contributed by atoms with E-state index in [1.54, 1.807) is 18.2 Å². The maximum atomic E-state index is 12.0. The van der Waals surface area contributed by atoms with Gasteiger partial charge in [0.2, 0.25) is 0 Å². The highest BCUT2D eigenvalue weighted by atomic mass is 35.5. The topological polar surface area (TPSA) is 57.6 Å². The summed E-state index contributed by atoms with van der Waals surface area (Å²) >= 11 is 6.71. The fourth-order valence-electron chi connectivity index (χ4n) is 1.68. The molecule has 1 heterocycles. The molecule has 4 nitrogen and oxygen atoms in total. The van der Waals surface area contributed by atoms with Crippen molar-refractivity contribution in [1.29, 1.82) is 0 Å². The summed E-state index contributed by atoms with van der Waals surface area (Å²) < 4.78 is 0. The Morgan fingerprint density at radius 2 is 2.16 bits per heavy atom. The molecule has 1 aromatic carbocycles. The molecule has 19 heavy (non-hydrogen) atoms. The number of aromatic hydroxyl groups is 1. The third kappa shape index (κ3) is 2.93. The van der Waals surface area contributed by atoms with Gasteiger partial charge in [0.1, 0.15) is 5.75 Å². The van der Waals surface area contributed by atoms with E-state index in [0.717, 1.165) is 18.2 Å². The Balaban J connectivity index is 2.27. The van der Waals surface area contributed by atoms with Crippen molar-refractivity contribution in [3.8, 4) is 5.75 Å². The molecule has 0 atom stereocenters. The van der Waals surface area contributed by atoms with Crippen molar-refractivity contribution in [3.05, 3.63) is 33.7 Å². The zero-order chi connectivity index (χ0) is 14.0.